The molecule has 1 aliphatic rings. The zero-order chi connectivity index (χ0) is 26.2. The van der Waals surface area contributed by atoms with Crippen molar-refractivity contribution in [1.29, 1.82) is 0 Å². The fraction of sp³-hybridized carbons (Fsp3) is 0.214. The van der Waals surface area contributed by atoms with Gasteiger partial charge in [0.15, 0.2) is 0 Å². The Morgan fingerprint density at radius 1 is 1.03 bits per heavy atom. The minimum Gasteiger partial charge on any atom is -0.439 e. The first kappa shape index (κ1) is 25.0. The minimum atomic E-state index is -3.98. The van der Waals surface area contributed by atoms with Crippen LogP contribution in [0.5, 0.6) is 11.6 Å². The Morgan fingerprint density at radius 3 is 2.62 bits per heavy atom. The zero-order valence-electron chi connectivity index (χ0n) is 20.7. The minimum absolute atomic E-state index is 0.0645. The number of rotatable bonds is 3. The summed E-state index contributed by atoms with van der Waals surface area (Å²) in [6.07, 6.45) is 0.578. The van der Waals surface area contributed by atoms with E-state index in [1.807, 2.05) is 31.2 Å². The molecular weight excluding hydrogens is 508 g/mol. The largest absolute Gasteiger partial charge is 0.439 e. The van der Waals surface area contributed by atoms with Gasteiger partial charge in [-0.3, -0.25) is 0 Å². The van der Waals surface area contributed by atoms with E-state index in [1.54, 1.807) is 30.3 Å². The molecule has 0 atom stereocenters. The van der Waals surface area contributed by atoms with Crippen molar-refractivity contribution in [3.05, 3.63) is 88.4 Å². The fourth-order valence-electron chi connectivity index (χ4n) is 4.36. The SMILES string of the molecule is CCc1c2nc(nc1-c1ccccc1C(C)C)NS(=O)(=O)c1cccc(c1)NCc1cc(ccc1Cl)O2. The highest BCUT2D eigenvalue weighted by atomic mass is 35.5. The van der Waals surface area contributed by atoms with E-state index in [0.29, 0.717) is 35.1 Å². The molecule has 2 heterocycles. The summed E-state index contributed by atoms with van der Waals surface area (Å²) in [7, 11) is -3.98. The van der Waals surface area contributed by atoms with E-state index in [2.05, 4.69) is 34.9 Å². The second-order valence-corrected chi connectivity index (χ2v) is 11.2. The van der Waals surface area contributed by atoms with Crippen LogP contribution in [-0.4, -0.2) is 18.4 Å². The van der Waals surface area contributed by atoms with Gasteiger partial charge in [0, 0.05) is 28.4 Å². The third kappa shape index (κ3) is 5.12. The first-order valence-corrected chi connectivity index (χ1v) is 13.9. The van der Waals surface area contributed by atoms with Gasteiger partial charge in [-0.05, 0) is 59.9 Å². The van der Waals surface area contributed by atoms with Crippen molar-refractivity contribution in [3.63, 3.8) is 0 Å². The number of fused-ring (bicyclic) bond motifs is 6. The predicted molar refractivity (Wildman–Crippen MR) is 147 cm³/mol. The molecule has 0 saturated heterocycles. The third-order valence-corrected chi connectivity index (χ3v) is 7.94. The molecule has 0 unspecified atom stereocenters. The molecule has 5 rings (SSSR count). The number of sulfonamides is 1. The number of nitrogens with zero attached hydrogens (tertiary/aromatic N) is 2. The quantitative estimate of drug-likeness (QED) is 0.294. The maximum atomic E-state index is 13.4. The summed E-state index contributed by atoms with van der Waals surface area (Å²) in [6, 6.07) is 20.0. The molecule has 0 spiro atoms. The first-order valence-electron chi connectivity index (χ1n) is 12.1. The van der Waals surface area contributed by atoms with Crippen molar-refractivity contribution >= 4 is 33.3 Å². The molecule has 0 radical (unpaired) electrons. The molecule has 6 bridgehead atoms. The van der Waals surface area contributed by atoms with Crippen LogP contribution < -0.4 is 14.8 Å². The van der Waals surface area contributed by atoms with Crippen LogP contribution in [0.4, 0.5) is 11.6 Å². The lowest BCUT2D eigenvalue weighted by atomic mass is 9.93. The lowest BCUT2D eigenvalue weighted by Gasteiger charge is -2.19. The number of hydrogen-bond acceptors (Lipinski definition) is 6. The van der Waals surface area contributed by atoms with E-state index in [0.717, 1.165) is 22.3 Å². The monoisotopic (exact) mass is 534 g/mol. The van der Waals surface area contributed by atoms with Gasteiger partial charge in [-0.15, -0.1) is 0 Å². The molecule has 7 nitrogen and oxygen atoms in total. The second-order valence-electron chi connectivity index (χ2n) is 9.12. The summed E-state index contributed by atoms with van der Waals surface area (Å²) in [6.45, 7) is 6.61. The molecule has 4 aromatic rings. The van der Waals surface area contributed by atoms with Gasteiger partial charge in [0.05, 0.1) is 10.6 Å². The molecule has 2 N–H and O–H groups in total. The summed E-state index contributed by atoms with van der Waals surface area (Å²) < 4.78 is 35.6. The van der Waals surface area contributed by atoms with E-state index >= 15 is 0 Å². The van der Waals surface area contributed by atoms with Crippen LogP contribution in [0.25, 0.3) is 11.3 Å². The first-order chi connectivity index (χ1) is 17.7. The van der Waals surface area contributed by atoms with Gasteiger partial charge in [-0.25, -0.2) is 18.1 Å². The number of aromatic nitrogens is 2. The van der Waals surface area contributed by atoms with E-state index in [-0.39, 0.29) is 22.6 Å². The van der Waals surface area contributed by atoms with E-state index < -0.39 is 10.0 Å². The molecule has 0 aliphatic carbocycles. The van der Waals surface area contributed by atoms with Crippen molar-refractivity contribution in [2.45, 2.75) is 44.6 Å². The van der Waals surface area contributed by atoms with Crippen molar-refractivity contribution in [3.8, 4) is 22.9 Å². The number of anilines is 2. The highest BCUT2D eigenvalue weighted by Gasteiger charge is 2.23. The maximum Gasteiger partial charge on any atom is 0.264 e. The number of hydrogen-bond donors (Lipinski definition) is 2. The topological polar surface area (TPSA) is 93.2 Å². The van der Waals surface area contributed by atoms with Crippen molar-refractivity contribution in [2.75, 3.05) is 10.0 Å². The molecule has 0 saturated carbocycles. The second kappa shape index (κ2) is 10.0. The van der Waals surface area contributed by atoms with Crippen LogP contribution in [-0.2, 0) is 23.0 Å². The van der Waals surface area contributed by atoms with E-state index in [4.69, 9.17) is 21.3 Å². The van der Waals surface area contributed by atoms with Gasteiger partial charge in [0.1, 0.15) is 5.75 Å². The summed E-state index contributed by atoms with van der Waals surface area (Å²) >= 11 is 6.46. The van der Waals surface area contributed by atoms with Crippen molar-refractivity contribution < 1.29 is 13.2 Å². The van der Waals surface area contributed by atoms with Crippen LogP contribution in [0.3, 0.4) is 0 Å². The number of halogens is 1. The van der Waals surface area contributed by atoms with Crippen LogP contribution in [0.15, 0.2) is 71.6 Å². The van der Waals surface area contributed by atoms with Gasteiger partial charge in [0.25, 0.3) is 10.0 Å². The van der Waals surface area contributed by atoms with Crippen LogP contribution in [0.1, 0.15) is 43.4 Å². The average molecular weight is 535 g/mol. The van der Waals surface area contributed by atoms with Gasteiger partial charge in [-0.2, -0.15) is 4.98 Å². The molecule has 1 aromatic heterocycles. The van der Waals surface area contributed by atoms with E-state index in [9.17, 15) is 8.42 Å². The molecule has 9 heteroatoms. The smallest absolute Gasteiger partial charge is 0.264 e. The average Bonchev–Trinajstić information content (AvgIpc) is 2.88. The van der Waals surface area contributed by atoms with Crippen LogP contribution in [0.2, 0.25) is 5.02 Å². The Bertz CT molecular complexity index is 1590. The molecule has 190 valence electrons. The third-order valence-electron chi connectivity index (χ3n) is 6.25. The van der Waals surface area contributed by atoms with Gasteiger partial charge in [0.2, 0.25) is 11.8 Å². The van der Waals surface area contributed by atoms with Crippen LogP contribution in [0, 0.1) is 0 Å². The molecule has 3 aromatic carbocycles. The predicted octanol–water partition coefficient (Wildman–Crippen LogP) is 7.00. The highest BCUT2D eigenvalue weighted by Crippen LogP contribution is 2.37. The zero-order valence-corrected chi connectivity index (χ0v) is 22.3. The van der Waals surface area contributed by atoms with E-state index in [1.165, 1.54) is 6.07 Å². The lowest BCUT2D eigenvalue weighted by molar-refractivity contribution is 0.456. The Kier molecular flexibility index (Phi) is 6.79. The maximum absolute atomic E-state index is 13.4. The molecule has 1 aliphatic heterocycles. The van der Waals surface area contributed by atoms with Crippen LogP contribution >= 0.6 is 11.6 Å². The van der Waals surface area contributed by atoms with Gasteiger partial charge < -0.3 is 10.1 Å². The standard InChI is InChI=1S/C28H27ClN4O3S/c1-4-22-26(24-11-6-5-10-23(24)17(2)3)31-28-32-27(22)36-20-12-13-25(29)18(14-20)16-30-19-8-7-9-21(15-19)37(34,35)33-28/h5-15,17,30H,4,16H2,1-3H3,(H,31,32,33). The van der Waals surface area contributed by atoms with Crippen molar-refractivity contribution in [1.82, 2.24) is 9.97 Å². The van der Waals surface area contributed by atoms with Crippen molar-refractivity contribution in [2.24, 2.45) is 0 Å². The normalized spacial score (nSPS) is 14.2. The molecular formula is C28H27ClN4O3S. The highest BCUT2D eigenvalue weighted by molar-refractivity contribution is 7.92. The summed E-state index contributed by atoms with van der Waals surface area (Å²) in [5.41, 5.74) is 4.85. The van der Waals surface area contributed by atoms with Gasteiger partial charge in [-0.1, -0.05) is 62.7 Å². The summed E-state index contributed by atoms with van der Waals surface area (Å²) in [5.74, 6) is 0.991. The summed E-state index contributed by atoms with van der Waals surface area (Å²) in [5, 5.41) is 3.81. The fourth-order valence-corrected chi connectivity index (χ4v) is 5.54. The molecule has 0 fully saturated rings. The number of nitrogens with one attached hydrogen (secondary N) is 2. The Morgan fingerprint density at radius 2 is 1.84 bits per heavy atom. The Balaban J connectivity index is 1.77. The number of ether oxygens (including phenoxy) is 1. The number of benzene rings is 3. The summed E-state index contributed by atoms with van der Waals surface area (Å²) in [4.78, 5) is 9.34. The Hall–Kier alpha value is -3.62. The van der Waals surface area contributed by atoms with Gasteiger partial charge >= 0.3 is 0 Å². The lowest BCUT2D eigenvalue weighted by Crippen LogP contribution is -2.17. The molecule has 37 heavy (non-hydrogen) atoms. The molecule has 0 amide bonds. The Labute approximate surface area is 222 Å².